The lowest BCUT2D eigenvalue weighted by Crippen LogP contribution is -2.67. The summed E-state index contributed by atoms with van der Waals surface area (Å²) in [5.41, 5.74) is -2.03. The van der Waals surface area contributed by atoms with Gasteiger partial charge >= 0.3 is 11.8 Å². The van der Waals surface area contributed by atoms with E-state index < -0.39 is 101 Å². The Morgan fingerprint density at radius 3 is 2.26 bits per heavy atom. The van der Waals surface area contributed by atoms with Crippen LogP contribution in [0.3, 0.4) is 0 Å². The molecule has 6 heterocycles. The van der Waals surface area contributed by atoms with Gasteiger partial charge in [-0.15, -0.1) is 0 Å². The standard InChI is InChI=1S/C51H75N5O13/c1-29(2)27-54-18-16-50(17-19-54)53-37-28-56(50)51(64)26-32(5)44-36(9)46(61)49(10,69-44)67-22-15-38(65-11)33(6)45(68-40(58)25-39(57)55-20-23-66-24-21-55)35(8)43(60)34(7)42(59)30(3)13-12-14-31(4)48(63)52-41(37)47(51)62/h12-15,22,29-30,33-35,38,42-43,45,53,59-60,64H,9,16-21,23-28H2,1-8,10-11H3,(H,52,63)/b13-12+,22-15+,31-14-,44-32+/t30-,33+,34+,35+,38-,42-,43+,45+,49-,51?/m0/s1. The summed E-state index contributed by atoms with van der Waals surface area (Å²) in [6.45, 7) is 23.7. The first-order chi connectivity index (χ1) is 32.5. The number of morpholine rings is 1. The topological polar surface area (TPSA) is 226 Å². The van der Waals surface area contributed by atoms with E-state index in [2.05, 4.69) is 36.0 Å². The van der Waals surface area contributed by atoms with Crippen molar-refractivity contribution in [1.82, 2.24) is 25.3 Å². The molecule has 382 valence electrons. The Hall–Kier alpha value is -4.69. The zero-order chi connectivity index (χ0) is 50.7. The summed E-state index contributed by atoms with van der Waals surface area (Å²) in [5.74, 6) is -7.39. The van der Waals surface area contributed by atoms with Gasteiger partial charge in [0.25, 0.3) is 5.91 Å². The van der Waals surface area contributed by atoms with Gasteiger partial charge in [-0.05, 0) is 44.3 Å². The van der Waals surface area contributed by atoms with E-state index in [1.807, 2.05) is 0 Å². The number of amides is 2. The van der Waals surface area contributed by atoms with Crippen LogP contribution in [0.15, 0.2) is 71.0 Å². The number of esters is 1. The quantitative estimate of drug-likeness (QED) is 0.147. The molecule has 0 aromatic carbocycles. The minimum Gasteiger partial charge on any atom is -0.461 e. The van der Waals surface area contributed by atoms with Gasteiger partial charge in [-0.3, -0.25) is 24.0 Å². The Morgan fingerprint density at radius 2 is 1.62 bits per heavy atom. The normalized spacial score (nSPS) is 38.0. The fourth-order valence-corrected chi connectivity index (χ4v) is 10.6. The molecule has 4 saturated heterocycles. The van der Waals surface area contributed by atoms with Crippen molar-refractivity contribution in [2.24, 2.45) is 29.6 Å². The highest BCUT2D eigenvalue weighted by molar-refractivity contribution is 6.09. The minimum atomic E-state index is -2.19. The zero-order valence-corrected chi connectivity index (χ0v) is 42.0. The van der Waals surface area contributed by atoms with Crippen LogP contribution in [-0.4, -0.2) is 161 Å². The fraction of sp³-hybridized carbons (Fsp3) is 0.667. The number of carbonyl (C=O) groups excluding carboxylic acids is 5. The second kappa shape index (κ2) is 21.7. The number of aliphatic hydroxyl groups is 3. The van der Waals surface area contributed by atoms with Crippen LogP contribution in [0.2, 0.25) is 0 Å². The lowest BCUT2D eigenvalue weighted by Gasteiger charge is -2.50. The predicted octanol–water partition coefficient (Wildman–Crippen LogP) is 2.96. The van der Waals surface area contributed by atoms with Gasteiger partial charge in [-0.1, -0.05) is 66.3 Å². The number of carbonyl (C=O) groups is 5. The van der Waals surface area contributed by atoms with Gasteiger partial charge in [-0.2, -0.15) is 0 Å². The van der Waals surface area contributed by atoms with E-state index in [0.29, 0.717) is 69.4 Å². The number of aliphatic hydroxyl groups excluding tert-OH is 2. The molecule has 0 aromatic heterocycles. The molecule has 2 unspecified atom stereocenters. The number of fused-ring (bicyclic) bond motifs is 8. The first-order valence-corrected chi connectivity index (χ1v) is 24.3. The number of piperidine rings is 1. The van der Waals surface area contributed by atoms with Crippen LogP contribution in [0.5, 0.6) is 0 Å². The van der Waals surface area contributed by atoms with E-state index >= 15 is 0 Å². The largest absolute Gasteiger partial charge is 0.461 e. The lowest BCUT2D eigenvalue weighted by atomic mass is 9.78. The van der Waals surface area contributed by atoms with Gasteiger partial charge in [0.05, 0.1) is 54.7 Å². The summed E-state index contributed by atoms with van der Waals surface area (Å²) in [4.78, 5) is 74.9. The van der Waals surface area contributed by atoms with Crippen molar-refractivity contribution in [1.29, 1.82) is 0 Å². The molecule has 2 amide bonds. The number of likely N-dealkylation sites (tertiary alicyclic amines) is 1. The number of hydrogen-bond donors (Lipinski definition) is 5. The average molecular weight is 966 g/mol. The SMILES string of the molecule is C=C1C(=O)[C@@]2(C)O/C=C/[C@H](OC)[C@@H](C)[C@@H](OC(=O)CC(=O)N3CCOCC3)[C@H](C)[C@H](O)[C@H](C)[C@@H](O)[C@@H](C)/C=C/C=C(/C)C(=O)NC3=C4CN(C5(CCN(CC(C)C)CC5)N4)C(O)(C/C(C)=C\1O2)C3=O. The third-order valence-electron chi connectivity index (χ3n) is 14.8. The molecule has 69 heavy (non-hydrogen) atoms. The number of methoxy groups -OCH3 is 1. The number of nitrogens with zero attached hydrogens (tertiary/aromatic N) is 3. The maximum atomic E-state index is 14.8. The third-order valence-corrected chi connectivity index (χ3v) is 14.8. The Kier molecular flexibility index (Phi) is 16.9. The molecule has 0 aromatic rings. The van der Waals surface area contributed by atoms with E-state index in [0.717, 1.165) is 6.54 Å². The molecular formula is C51H75N5O13. The molecule has 0 radical (unpaired) electrons. The number of nitrogens with one attached hydrogen (secondary N) is 2. The number of ketones is 2. The maximum Gasteiger partial charge on any atom is 0.315 e. The molecule has 0 saturated carbocycles. The van der Waals surface area contributed by atoms with Crippen LogP contribution in [0.4, 0.5) is 0 Å². The highest BCUT2D eigenvalue weighted by atomic mass is 16.7. The highest BCUT2D eigenvalue weighted by Crippen LogP contribution is 2.46. The smallest absolute Gasteiger partial charge is 0.315 e. The van der Waals surface area contributed by atoms with Crippen molar-refractivity contribution in [3.63, 3.8) is 0 Å². The van der Waals surface area contributed by atoms with Crippen molar-refractivity contribution in [2.45, 2.75) is 130 Å². The molecule has 1 spiro atoms. The van der Waals surface area contributed by atoms with Crippen LogP contribution in [0.1, 0.15) is 88.0 Å². The zero-order valence-electron chi connectivity index (χ0n) is 42.0. The number of rotatable bonds is 6. The summed E-state index contributed by atoms with van der Waals surface area (Å²) >= 11 is 0. The Balaban J connectivity index is 1.36. The second-order valence-corrected chi connectivity index (χ2v) is 20.5. The van der Waals surface area contributed by atoms with E-state index in [1.165, 1.54) is 31.3 Å². The molecule has 6 aliphatic heterocycles. The first kappa shape index (κ1) is 53.7. The van der Waals surface area contributed by atoms with Gasteiger partial charge in [0.1, 0.15) is 24.0 Å². The van der Waals surface area contributed by atoms with Crippen molar-refractivity contribution in [2.75, 3.05) is 59.6 Å². The van der Waals surface area contributed by atoms with Gasteiger partial charge in [0, 0.05) is 89.0 Å². The van der Waals surface area contributed by atoms with Gasteiger partial charge < -0.3 is 59.4 Å². The summed E-state index contributed by atoms with van der Waals surface area (Å²) < 4.78 is 29.6. The molecule has 5 N–H and O–H groups in total. The van der Waals surface area contributed by atoms with Crippen LogP contribution >= 0.6 is 0 Å². The van der Waals surface area contributed by atoms with E-state index in [4.69, 9.17) is 23.7 Å². The van der Waals surface area contributed by atoms with Gasteiger partial charge in [0.15, 0.2) is 5.72 Å². The summed E-state index contributed by atoms with van der Waals surface area (Å²) in [5, 5.41) is 42.7. The highest BCUT2D eigenvalue weighted by Gasteiger charge is 2.61. The van der Waals surface area contributed by atoms with Crippen molar-refractivity contribution in [3.05, 3.63) is 71.0 Å². The van der Waals surface area contributed by atoms with Crippen LogP contribution in [-0.2, 0) is 47.7 Å². The summed E-state index contributed by atoms with van der Waals surface area (Å²) in [6.07, 6.45) is 3.68. The van der Waals surface area contributed by atoms with Crippen LogP contribution in [0.25, 0.3) is 0 Å². The molecular weight excluding hydrogens is 891 g/mol. The molecule has 18 heteroatoms. The van der Waals surface area contributed by atoms with Gasteiger partial charge in [-0.25, -0.2) is 4.90 Å². The minimum absolute atomic E-state index is 0.0322. The van der Waals surface area contributed by atoms with Crippen molar-refractivity contribution in [3.8, 4) is 0 Å². The van der Waals surface area contributed by atoms with Crippen LogP contribution in [0, 0.1) is 29.6 Å². The second-order valence-electron chi connectivity index (χ2n) is 20.5. The molecule has 11 atom stereocenters. The average Bonchev–Trinajstić information content (AvgIpc) is 3.78. The molecule has 6 rings (SSSR count). The number of allylic oxidation sites excluding steroid dienone is 3. The number of Topliss-reactive ketones (excluding diaryl/α,β-unsaturated/α-hetero) is 2. The van der Waals surface area contributed by atoms with Crippen molar-refractivity contribution >= 4 is 29.4 Å². The van der Waals surface area contributed by atoms with E-state index in [-0.39, 0.29) is 35.6 Å². The predicted molar refractivity (Wildman–Crippen MR) is 254 cm³/mol. The van der Waals surface area contributed by atoms with E-state index in [1.54, 1.807) is 64.7 Å². The monoisotopic (exact) mass is 966 g/mol. The molecule has 6 bridgehead atoms. The Labute approximate surface area is 406 Å². The molecule has 0 aliphatic carbocycles. The summed E-state index contributed by atoms with van der Waals surface area (Å²) in [6, 6.07) is 0. The van der Waals surface area contributed by atoms with Crippen molar-refractivity contribution < 1.29 is 63.0 Å². The number of hydrogen-bond acceptors (Lipinski definition) is 16. The number of ether oxygens (including phenoxy) is 5. The lowest BCUT2D eigenvalue weighted by molar-refractivity contribution is -0.177. The molecule has 6 aliphatic rings. The Morgan fingerprint density at radius 1 is 0.957 bits per heavy atom. The molecule has 18 nitrogen and oxygen atoms in total. The van der Waals surface area contributed by atoms with E-state index in [9.17, 15) is 39.3 Å². The van der Waals surface area contributed by atoms with Gasteiger partial charge in [0.2, 0.25) is 17.5 Å². The summed E-state index contributed by atoms with van der Waals surface area (Å²) in [7, 11) is 1.44. The first-order valence-electron chi connectivity index (χ1n) is 24.3. The Bertz CT molecular complexity index is 2150. The van der Waals surface area contributed by atoms with Crippen LogP contribution < -0.4 is 10.6 Å². The maximum absolute atomic E-state index is 14.8. The molecule has 4 fully saturated rings. The third kappa shape index (κ3) is 11.3. The fourth-order valence-electron chi connectivity index (χ4n) is 10.6.